The molecule has 0 aromatic carbocycles. The van der Waals surface area contributed by atoms with Crippen LogP contribution in [0.15, 0.2) is 36.0 Å². The Kier molecular flexibility index (Phi) is 7.81. The minimum absolute atomic E-state index is 1.08. The maximum atomic E-state index is 4.00. The minimum atomic E-state index is 1.08. The van der Waals surface area contributed by atoms with Gasteiger partial charge in [0.2, 0.25) is 0 Å². The van der Waals surface area contributed by atoms with Crippen LogP contribution in [-0.4, -0.2) is 0 Å². The van der Waals surface area contributed by atoms with E-state index in [1.165, 1.54) is 5.57 Å². The van der Waals surface area contributed by atoms with Crippen molar-refractivity contribution in [2.24, 2.45) is 0 Å². The number of terminal acetylenes is 1. The van der Waals surface area contributed by atoms with E-state index in [4.69, 9.17) is 0 Å². The van der Waals surface area contributed by atoms with Gasteiger partial charge in [-0.05, 0) is 26.3 Å². The van der Waals surface area contributed by atoms with E-state index >= 15 is 0 Å². The van der Waals surface area contributed by atoms with Crippen LogP contribution >= 0.6 is 0 Å². The highest BCUT2D eigenvalue weighted by molar-refractivity contribution is 5.30. The van der Waals surface area contributed by atoms with Crippen LogP contribution in [0.4, 0.5) is 0 Å². The maximum Gasteiger partial charge on any atom is -0.0395 e. The first-order valence-corrected chi connectivity index (χ1v) is 3.37. The van der Waals surface area contributed by atoms with Crippen LogP contribution in [0.25, 0.3) is 0 Å². The normalized spacial score (nSPS) is 9.36. The molecule has 0 bridgehead atoms. The van der Waals surface area contributed by atoms with Crippen molar-refractivity contribution in [2.75, 3.05) is 0 Å². The average Bonchev–Trinajstić information content (AvgIpc) is 1.90. The molecule has 0 amide bonds. The van der Waals surface area contributed by atoms with Crippen molar-refractivity contribution in [3.8, 4) is 12.8 Å². The lowest BCUT2D eigenvalue weighted by Crippen LogP contribution is -1.75. The molecule has 0 aliphatic carbocycles. The molecule has 0 aliphatic heterocycles. The molecule has 0 fully saturated rings. The van der Waals surface area contributed by atoms with E-state index in [9.17, 15) is 0 Å². The van der Waals surface area contributed by atoms with Crippen molar-refractivity contribution < 1.29 is 0 Å². The molecule has 0 aliphatic rings. The zero-order chi connectivity index (χ0) is 9.44. The fourth-order valence-electron chi connectivity index (χ4n) is 0.493. The van der Waals surface area contributed by atoms with E-state index in [1.54, 1.807) is 0 Å². The lowest BCUT2D eigenvalue weighted by molar-refractivity contribution is 1.34. The van der Waals surface area contributed by atoms with Gasteiger partial charge in [-0.3, -0.25) is 0 Å². The summed E-state index contributed by atoms with van der Waals surface area (Å²) in [4.78, 5) is 0. The second-order valence-electron chi connectivity index (χ2n) is 2.45. The quantitative estimate of drug-likeness (QED) is 0.416. The van der Waals surface area contributed by atoms with Gasteiger partial charge in [-0.15, -0.1) is 12.8 Å². The highest BCUT2D eigenvalue weighted by atomic mass is 13.9. The lowest BCUT2D eigenvalue weighted by atomic mass is 10.1. The van der Waals surface area contributed by atoms with E-state index in [1.807, 2.05) is 26.8 Å². The summed E-state index contributed by atoms with van der Waals surface area (Å²) < 4.78 is 0. The van der Waals surface area contributed by atoms with Crippen molar-refractivity contribution in [3.05, 3.63) is 36.0 Å². The standard InChI is InChI=1S/C9H14.C2H2/c1-7(2)6-9(5)8(3)4;1-2/h6H,1,3H2,2,4-5H3;1-2H/b9-6-;. The molecule has 0 saturated carbocycles. The maximum absolute atomic E-state index is 4.00. The summed E-state index contributed by atoms with van der Waals surface area (Å²) in [5.41, 5.74) is 3.40. The Labute approximate surface area is 70.3 Å². The third kappa shape index (κ3) is 8.78. The summed E-state index contributed by atoms with van der Waals surface area (Å²) in [7, 11) is 0. The highest BCUT2D eigenvalue weighted by Gasteiger charge is 1.86. The molecular weight excluding hydrogens is 132 g/mol. The summed E-state index contributed by atoms with van der Waals surface area (Å²) in [5.74, 6) is 0. The van der Waals surface area contributed by atoms with Crippen LogP contribution in [0.2, 0.25) is 0 Å². The minimum Gasteiger partial charge on any atom is -0.124 e. The van der Waals surface area contributed by atoms with Gasteiger partial charge in [0.15, 0.2) is 0 Å². The van der Waals surface area contributed by atoms with Gasteiger partial charge in [-0.25, -0.2) is 0 Å². The lowest BCUT2D eigenvalue weighted by Gasteiger charge is -1.96. The summed E-state index contributed by atoms with van der Waals surface area (Å²) in [6.45, 7) is 13.6. The van der Waals surface area contributed by atoms with E-state index in [-0.39, 0.29) is 0 Å². The van der Waals surface area contributed by atoms with Crippen molar-refractivity contribution in [1.82, 2.24) is 0 Å². The zero-order valence-corrected chi connectivity index (χ0v) is 7.65. The summed E-state index contributed by atoms with van der Waals surface area (Å²) in [6, 6.07) is 0. The molecule has 0 aromatic rings. The first kappa shape index (κ1) is 12.5. The van der Waals surface area contributed by atoms with E-state index < -0.39 is 0 Å². The molecule has 0 spiro atoms. The molecule has 0 aromatic heterocycles. The van der Waals surface area contributed by atoms with Crippen molar-refractivity contribution in [1.29, 1.82) is 0 Å². The molecule has 0 N–H and O–H groups in total. The van der Waals surface area contributed by atoms with Gasteiger partial charge in [-0.1, -0.05) is 30.4 Å². The van der Waals surface area contributed by atoms with Crippen molar-refractivity contribution in [3.63, 3.8) is 0 Å². The smallest absolute Gasteiger partial charge is 0.0395 e. The Morgan fingerprint density at radius 3 is 1.55 bits per heavy atom. The Hall–Kier alpha value is -1.22. The molecule has 0 atom stereocenters. The molecule has 0 unspecified atom stereocenters. The highest BCUT2D eigenvalue weighted by Crippen LogP contribution is 2.07. The molecule has 0 radical (unpaired) electrons. The third-order valence-electron chi connectivity index (χ3n) is 1.14. The number of allylic oxidation sites excluding steroid dienone is 4. The molecule has 0 heteroatoms. The Bertz CT molecular complexity index is 189. The first-order valence-electron chi connectivity index (χ1n) is 3.37. The monoisotopic (exact) mass is 148 g/mol. The fourth-order valence-corrected chi connectivity index (χ4v) is 0.493. The number of hydrogen-bond donors (Lipinski definition) is 0. The first-order chi connectivity index (χ1) is 5.04. The predicted molar refractivity (Wildman–Crippen MR) is 53.3 cm³/mol. The van der Waals surface area contributed by atoms with Crippen LogP contribution in [0.1, 0.15) is 20.8 Å². The zero-order valence-electron chi connectivity index (χ0n) is 7.65. The van der Waals surface area contributed by atoms with Gasteiger partial charge < -0.3 is 0 Å². The summed E-state index contributed by atoms with van der Waals surface area (Å²) in [6.07, 6.45) is 10.0. The summed E-state index contributed by atoms with van der Waals surface area (Å²) in [5, 5.41) is 0. The Balaban J connectivity index is 0. The third-order valence-corrected chi connectivity index (χ3v) is 1.14. The Morgan fingerprint density at radius 1 is 1.09 bits per heavy atom. The average molecular weight is 148 g/mol. The van der Waals surface area contributed by atoms with Gasteiger partial charge in [0, 0.05) is 0 Å². The number of rotatable bonds is 2. The van der Waals surface area contributed by atoms with Gasteiger partial charge in [0.25, 0.3) is 0 Å². The molecule has 0 rings (SSSR count). The van der Waals surface area contributed by atoms with E-state index in [2.05, 4.69) is 26.0 Å². The Morgan fingerprint density at radius 2 is 1.45 bits per heavy atom. The predicted octanol–water partition coefficient (Wildman–Crippen LogP) is 3.33. The van der Waals surface area contributed by atoms with Gasteiger partial charge >= 0.3 is 0 Å². The molecule has 0 saturated heterocycles. The van der Waals surface area contributed by atoms with Crippen LogP contribution in [0.3, 0.4) is 0 Å². The van der Waals surface area contributed by atoms with E-state index in [0.29, 0.717) is 0 Å². The topological polar surface area (TPSA) is 0 Å². The van der Waals surface area contributed by atoms with Gasteiger partial charge in [0.1, 0.15) is 0 Å². The largest absolute Gasteiger partial charge is 0.124 e. The second kappa shape index (κ2) is 6.89. The fraction of sp³-hybridized carbons (Fsp3) is 0.273. The van der Waals surface area contributed by atoms with Crippen molar-refractivity contribution in [2.45, 2.75) is 20.8 Å². The van der Waals surface area contributed by atoms with Crippen LogP contribution in [-0.2, 0) is 0 Å². The number of hydrogen-bond acceptors (Lipinski definition) is 0. The van der Waals surface area contributed by atoms with Crippen LogP contribution in [0.5, 0.6) is 0 Å². The van der Waals surface area contributed by atoms with Crippen LogP contribution < -0.4 is 0 Å². The van der Waals surface area contributed by atoms with Gasteiger partial charge in [0.05, 0.1) is 0 Å². The summed E-state index contributed by atoms with van der Waals surface area (Å²) >= 11 is 0. The molecule has 11 heavy (non-hydrogen) atoms. The van der Waals surface area contributed by atoms with Crippen molar-refractivity contribution >= 4 is 0 Å². The molecule has 0 heterocycles. The SMILES string of the molecule is C#C.C=C(C)/C=C(/C)C(=C)C. The molecule has 0 nitrogen and oxygen atoms in total. The van der Waals surface area contributed by atoms with Crippen LogP contribution in [0, 0.1) is 12.8 Å². The molecule has 60 valence electrons. The second-order valence-corrected chi connectivity index (χ2v) is 2.45. The molecular formula is C11H16. The van der Waals surface area contributed by atoms with Gasteiger partial charge in [-0.2, -0.15) is 0 Å². The van der Waals surface area contributed by atoms with E-state index in [0.717, 1.165) is 11.1 Å².